The molecule has 0 atom stereocenters. The summed E-state index contributed by atoms with van der Waals surface area (Å²) in [6.07, 6.45) is 0.647. The molecule has 36 heavy (non-hydrogen) atoms. The Morgan fingerprint density at radius 3 is 2.28 bits per heavy atom. The van der Waals surface area contributed by atoms with Crippen LogP contribution in [0.15, 0.2) is 42.5 Å². The molecule has 5 rings (SSSR count). The first-order valence-corrected chi connectivity index (χ1v) is 12.6. The number of piperazine rings is 1. The maximum Gasteiger partial charge on any atom is 0.254 e. The lowest BCUT2D eigenvalue weighted by Crippen LogP contribution is -2.47. The molecule has 0 saturated carbocycles. The number of halogens is 3. The van der Waals surface area contributed by atoms with E-state index in [2.05, 4.69) is 9.80 Å². The van der Waals surface area contributed by atoms with Gasteiger partial charge in [0.15, 0.2) is 0 Å². The molecule has 2 aliphatic rings. The molecule has 1 saturated heterocycles. The summed E-state index contributed by atoms with van der Waals surface area (Å²) in [6, 6.07) is 11.6. The quantitative estimate of drug-likeness (QED) is 0.496. The standard InChI is InChI=1S/C26H27Cl2FN6O/c1-32(2)24-20-16-35(25(36)17-3-8-21(27)22(28)15-17)10-9-23(20)30-26(31-24)34-13-11-33(12-14-34)19-6-4-18(29)5-7-19/h3-8,15H,9-14,16H2,1-2H3. The number of aromatic nitrogens is 2. The van der Waals surface area contributed by atoms with Gasteiger partial charge in [-0.2, -0.15) is 4.98 Å². The highest BCUT2D eigenvalue weighted by atomic mass is 35.5. The molecule has 188 valence electrons. The Labute approximate surface area is 220 Å². The van der Waals surface area contributed by atoms with Crippen LogP contribution in [0.2, 0.25) is 10.0 Å². The van der Waals surface area contributed by atoms with Crippen molar-refractivity contribution in [1.29, 1.82) is 0 Å². The molecule has 0 aliphatic carbocycles. The van der Waals surface area contributed by atoms with Crippen molar-refractivity contribution in [1.82, 2.24) is 14.9 Å². The third-order valence-corrected chi connectivity index (χ3v) is 7.40. The van der Waals surface area contributed by atoms with Crippen LogP contribution in [0.4, 0.5) is 21.8 Å². The Balaban J connectivity index is 1.34. The van der Waals surface area contributed by atoms with Gasteiger partial charge < -0.3 is 19.6 Å². The lowest BCUT2D eigenvalue weighted by molar-refractivity contribution is 0.0733. The second-order valence-corrected chi connectivity index (χ2v) is 10.0. The van der Waals surface area contributed by atoms with Crippen LogP contribution >= 0.6 is 23.2 Å². The van der Waals surface area contributed by atoms with E-state index in [4.69, 9.17) is 33.2 Å². The normalized spacial score (nSPS) is 15.6. The Morgan fingerprint density at radius 2 is 1.61 bits per heavy atom. The number of amides is 1. The highest BCUT2D eigenvalue weighted by molar-refractivity contribution is 6.42. The minimum absolute atomic E-state index is 0.0927. The fourth-order valence-electron chi connectivity index (χ4n) is 4.70. The zero-order chi connectivity index (χ0) is 25.4. The molecule has 10 heteroatoms. The van der Waals surface area contributed by atoms with E-state index in [-0.39, 0.29) is 11.7 Å². The summed E-state index contributed by atoms with van der Waals surface area (Å²) >= 11 is 12.2. The van der Waals surface area contributed by atoms with Gasteiger partial charge in [0.25, 0.3) is 5.91 Å². The predicted octanol–water partition coefficient (Wildman–Crippen LogP) is 4.51. The second-order valence-electron chi connectivity index (χ2n) is 9.22. The average molecular weight is 529 g/mol. The maximum atomic E-state index is 13.3. The van der Waals surface area contributed by atoms with Gasteiger partial charge in [-0.15, -0.1) is 0 Å². The van der Waals surface area contributed by atoms with Gasteiger partial charge in [0.1, 0.15) is 11.6 Å². The van der Waals surface area contributed by atoms with Crippen molar-refractivity contribution < 1.29 is 9.18 Å². The molecule has 2 aliphatic heterocycles. The number of hydrogen-bond donors (Lipinski definition) is 0. The largest absolute Gasteiger partial charge is 0.368 e. The monoisotopic (exact) mass is 528 g/mol. The Morgan fingerprint density at radius 1 is 0.917 bits per heavy atom. The average Bonchev–Trinajstić information content (AvgIpc) is 2.89. The van der Waals surface area contributed by atoms with Gasteiger partial charge >= 0.3 is 0 Å². The van der Waals surface area contributed by atoms with E-state index in [0.29, 0.717) is 41.1 Å². The van der Waals surface area contributed by atoms with Crippen molar-refractivity contribution in [2.24, 2.45) is 0 Å². The fraction of sp³-hybridized carbons (Fsp3) is 0.346. The van der Waals surface area contributed by atoms with Gasteiger partial charge in [-0.25, -0.2) is 9.37 Å². The third-order valence-electron chi connectivity index (χ3n) is 6.66. The van der Waals surface area contributed by atoms with Crippen molar-refractivity contribution in [3.05, 3.63) is 75.1 Å². The number of nitrogens with zero attached hydrogens (tertiary/aromatic N) is 6. The molecule has 0 N–H and O–H groups in total. The first-order chi connectivity index (χ1) is 17.3. The molecule has 3 heterocycles. The molecule has 1 amide bonds. The second kappa shape index (κ2) is 10.1. The maximum absolute atomic E-state index is 13.3. The summed E-state index contributed by atoms with van der Waals surface area (Å²) < 4.78 is 13.3. The first kappa shape index (κ1) is 24.6. The van der Waals surface area contributed by atoms with Crippen LogP contribution in [0.5, 0.6) is 0 Å². The van der Waals surface area contributed by atoms with Crippen LogP contribution in [0.25, 0.3) is 0 Å². The molecule has 1 fully saturated rings. The Hall–Kier alpha value is -3.10. The fourth-order valence-corrected chi connectivity index (χ4v) is 5.00. The van der Waals surface area contributed by atoms with Gasteiger partial charge in [-0.05, 0) is 42.5 Å². The number of fused-ring (bicyclic) bond motifs is 1. The first-order valence-electron chi connectivity index (χ1n) is 11.9. The van der Waals surface area contributed by atoms with Gasteiger partial charge in [0.2, 0.25) is 5.95 Å². The van der Waals surface area contributed by atoms with Crippen LogP contribution in [0, 0.1) is 5.82 Å². The number of rotatable bonds is 4. The molecule has 0 unspecified atom stereocenters. The summed E-state index contributed by atoms with van der Waals surface area (Å²) in [7, 11) is 3.91. The van der Waals surface area contributed by atoms with E-state index < -0.39 is 0 Å². The minimum Gasteiger partial charge on any atom is -0.368 e. The molecule has 7 nitrogen and oxygen atoms in total. The zero-order valence-corrected chi connectivity index (χ0v) is 21.7. The van der Waals surface area contributed by atoms with E-state index in [0.717, 1.165) is 48.9 Å². The van der Waals surface area contributed by atoms with E-state index in [1.165, 1.54) is 12.1 Å². The lowest BCUT2D eigenvalue weighted by atomic mass is 10.0. The highest BCUT2D eigenvalue weighted by Crippen LogP contribution is 2.30. The predicted molar refractivity (Wildman–Crippen MR) is 142 cm³/mol. The molecule has 2 aromatic carbocycles. The third kappa shape index (κ3) is 4.92. The molecule has 1 aromatic heterocycles. The van der Waals surface area contributed by atoms with Crippen molar-refractivity contribution in [3.63, 3.8) is 0 Å². The number of carbonyl (C=O) groups is 1. The molecule has 3 aromatic rings. The number of anilines is 3. The van der Waals surface area contributed by atoms with E-state index in [1.807, 2.05) is 31.1 Å². The minimum atomic E-state index is -0.228. The summed E-state index contributed by atoms with van der Waals surface area (Å²) in [4.78, 5) is 31.2. The van der Waals surface area contributed by atoms with E-state index in [1.54, 1.807) is 23.1 Å². The van der Waals surface area contributed by atoms with E-state index >= 15 is 0 Å². The highest BCUT2D eigenvalue weighted by Gasteiger charge is 2.29. The zero-order valence-electron chi connectivity index (χ0n) is 20.2. The summed E-state index contributed by atoms with van der Waals surface area (Å²) in [6.45, 7) is 4.13. The Kier molecular flexibility index (Phi) is 6.90. The van der Waals surface area contributed by atoms with Gasteiger partial charge in [-0.3, -0.25) is 4.79 Å². The van der Waals surface area contributed by atoms with Gasteiger partial charge in [0.05, 0.1) is 22.3 Å². The number of carbonyl (C=O) groups excluding carboxylic acids is 1. The van der Waals surface area contributed by atoms with E-state index in [9.17, 15) is 9.18 Å². The molecule has 0 bridgehead atoms. The molecular formula is C26H27Cl2FN6O. The summed E-state index contributed by atoms with van der Waals surface area (Å²) in [5, 5.41) is 0.785. The van der Waals surface area contributed by atoms with Gasteiger partial charge in [0, 0.05) is 70.1 Å². The smallest absolute Gasteiger partial charge is 0.254 e. The van der Waals surface area contributed by atoms with Crippen LogP contribution < -0.4 is 14.7 Å². The topological polar surface area (TPSA) is 55.8 Å². The molecule has 0 spiro atoms. The number of benzene rings is 2. The van der Waals surface area contributed by atoms with Crippen LogP contribution in [0.3, 0.4) is 0 Å². The van der Waals surface area contributed by atoms with Crippen molar-refractivity contribution >= 4 is 46.6 Å². The van der Waals surface area contributed by atoms with Crippen molar-refractivity contribution in [3.8, 4) is 0 Å². The van der Waals surface area contributed by atoms with Gasteiger partial charge in [-0.1, -0.05) is 23.2 Å². The van der Waals surface area contributed by atoms with Crippen molar-refractivity contribution in [2.45, 2.75) is 13.0 Å². The lowest BCUT2D eigenvalue weighted by Gasteiger charge is -2.37. The summed E-state index contributed by atoms with van der Waals surface area (Å²) in [5.41, 5.74) is 3.47. The molecular weight excluding hydrogens is 502 g/mol. The van der Waals surface area contributed by atoms with Crippen LogP contribution in [0.1, 0.15) is 21.6 Å². The van der Waals surface area contributed by atoms with Crippen LogP contribution in [-0.4, -0.2) is 67.6 Å². The molecule has 0 radical (unpaired) electrons. The SMILES string of the molecule is CN(C)c1nc(N2CCN(c3ccc(F)cc3)CC2)nc2c1CN(C(=O)c1ccc(Cl)c(Cl)c1)CC2. The van der Waals surface area contributed by atoms with Crippen LogP contribution in [-0.2, 0) is 13.0 Å². The number of hydrogen-bond acceptors (Lipinski definition) is 6. The summed E-state index contributed by atoms with van der Waals surface area (Å²) in [5.74, 6) is 1.21. The Bertz CT molecular complexity index is 1280. The van der Waals surface area contributed by atoms with Crippen molar-refractivity contribution in [2.75, 3.05) is 61.5 Å².